The first-order valence-corrected chi connectivity index (χ1v) is 8.05. The first kappa shape index (κ1) is 17.2. The molecule has 8 heteroatoms. The fourth-order valence-electron chi connectivity index (χ4n) is 1.75. The summed E-state index contributed by atoms with van der Waals surface area (Å²) in [4.78, 5) is 21.8. The predicted octanol–water partition coefficient (Wildman–Crippen LogP) is 4.26. The minimum Gasteiger partial charge on any atom is -0.323 e. The number of nitro benzene ring substituents is 1. The van der Waals surface area contributed by atoms with Crippen LogP contribution in [0.25, 0.3) is 0 Å². The van der Waals surface area contributed by atoms with Gasteiger partial charge in [0, 0.05) is 22.9 Å². The molecule has 0 aliphatic carbocycles. The van der Waals surface area contributed by atoms with Crippen molar-refractivity contribution >= 4 is 40.6 Å². The van der Waals surface area contributed by atoms with Gasteiger partial charge in [-0.05, 0) is 23.8 Å². The second-order valence-corrected chi connectivity index (χ2v) is 6.01. The number of halogens is 2. The van der Waals surface area contributed by atoms with Crippen LogP contribution in [0.1, 0.15) is 5.56 Å². The largest absolute Gasteiger partial charge is 0.323 e. The van der Waals surface area contributed by atoms with Gasteiger partial charge in [-0.25, -0.2) is 4.39 Å². The SMILES string of the molecule is O=C(CSCc1ccc(Cl)cc1)Nc1cc([N+](=O)[O-])ccc1F. The molecule has 1 amide bonds. The van der Waals surface area contributed by atoms with Gasteiger partial charge in [-0.3, -0.25) is 14.9 Å². The van der Waals surface area contributed by atoms with E-state index >= 15 is 0 Å². The summed E-state index contributed by atoms with van der Waals surface area (Å²) in [7, 11) is 0. The standard InChI is InChI=1S/C15H12ClFN2O3S/c16-11-3-1-10(2-4-11)8-23-9-15(20)18-14-7-12(19(21)22)5-6-13(14)17/h1-7H,8-9H2,(H,18,20). The molecule has 5 nitrogen and oxygen atoms in total. The monoisotopic (exact) mass is 354 g/mol. The van der Waals surface area contributed by atoms with Gasteiger partial charge in [0.05, 0.1) is 16.4 Å². The molecule has 0 atom stereocenters. The summed E-state index contributed by atoms with van der Waals surface area (Å²) in [5, 5.41) is 13.6. The summed E-state index contributed by atoms with van der Waals surface area (Å²) in [5.41, 5.74) is 0.528. The molecule has 120 valence electrons. The zero-order valence-corrected chi connectivity index (χ0v) is 13.4. The third kappa shape index (κ3) is 5.22. The van der Waals surface area contributed by atoms with E-state index in [9.17, 15) is 19.3 Å². The maximum Gasteiger partial charge on any atom is 0.271 e. The molecule has 0 bridgehead atoms. The molecule has 0 aromatic heterocycles. The lowest BCUT2D eigenvalue weighted by Crippen LogP contribution is -2.15. The summed E-state index contributed by atoms with van der Waals surface area (Å²) < 4.78 is 13.6. The number of non-ortho nitro benzene ring substituents is 1. The molecular formula is C15H12ClFN2O3S. The molecule has 2 aromatic carbocycles. The average Bonchev–Trinajstić information content (AvgIpc) is 2.51. The van der Waals surface area contributed by atoms with Crippen LogP contribution in [0.4, 0.5) is 15.8 Å². The van der Waals surface area contributed by atoms with Gasteiger partial charge >= 0.3 is 0 Å². The van der Waals surface area contributed by atoms with Crippen molar-refractivity contribution in [2.75, 3.05) is 11.1 Å². The number of hydrogen-bond donors (Lipinski definition) is 1. The van der Waals surface area contributed by atoms with Gasteiger partial charge in [0.2, 0.25) is 5.91 Å². The maximum atomic E-state index is 13.6. The first-order valence-electron chi connectivity index (χ1n) is 6.51. The highest BCUT2D eigenvalue weighted by atomic mass is 35.5. The topological polar surface area (TPSA) is 72.2 Å². The number of nitrogens with one attached hydrogen (secondary N) is 1. The number of amides is 1. The normalized spacial score (nSPS) is 10.3. The molecule has 0 saturated carbocycles. The lowest BCUT2D eigenvalue weighted by Gasteiger charge is -2.06. The summed E-state index contributed by atoms with van der Waals surface area (Å²) in [6.45, 7) is 0. The van der Waals surface area contributed by atoms with Gasteiger partial charge in [-0.1, -0.05) is 23.7 Å². The highest BCUT2D eigenvalue weighted by Gasteiger charge is 2.13. The zero-order chi connectivity index (χ0) is 16.8. The predicted molar refractivity (Wildman–Crippen MR) is 89.3 cm³/mol. The second kappa shape index (κ2) is 7.94. The number of anilines is 1. The Kier molecular flexibility index (Phi) is 5.95. The Morgan fingerprint density at radius 1 is 1.26 bits per heavy atom. The summed E-state index contributed by atoms with van der Waals surface area (Å²) in [6.07, 6.45) is 0. The van der Waals surface area contributed by atoms with E-state index in [4.69, 9.17) is 11.6 Å². The Bertz CT molecular complexity index is 725. The van der Waals surface area contributed by atoms with Crippen molar-refractivity contribution < 1.29 is 14.1 Å². The smallest absolute Gasteiger partial charge is 0.271 e. The highest BCUT2D eigenvalue weighted by molar-refractivity contribution is 7.99. The molecule has 2 aromatic rings. The van der Waals surface area contributed by atoms with E-state index in [-0.39, 0.29) is 17.1 Å². The Balaban J connectivity index is 1.88. The molecule has 1 N–H and O–H groups in total. The average molecular weight is 355 g/mol. The second-order valence-electron chi connectivity index (χ2n) is 4.59. The Morgan fingerprint density at radius 2 is 1.96 bits per heavy atom. The Morgan fingerprint density at radius 3 is 2.61 bits per heavy atom. The minimum absolute atomic E-state index is 0.102. The van der Waals surface area contributed by atoms with Crippen molar-refractivity contribution in [1.29, 1.82) is 0 Å². The number of rotatable bonds is 6. The number of thioether (sulfide) groups is 1. The lowest BCUT2D eigenvalue weighted by molar-refractivity contribution is -0.384. The van der Waals surface area contributed by atoms with Crippen LogP contribution in [0.2, 0.25) is 5.02 Å². The van der Waals surface area contributed by atoms with E-state index in [1.165, 1.54) is 11.8 Å². The van der Waals surface area contributed by atoms with Crippen molar-refractivity contribution in [2.45, 2.75) is 5.75 Å². The molecule has 0 unspecified atom stereocenters. The molecule has 0 radical (unpaired) electrons. The van der Waals surface area contributed by atoms with E-state index in [2.05, 4.69) is 5.32 Å². The van der Waals surface area contributed by atoms with Crippen LogP contribution in [-0.4, -0.2) is 16.6 Å². The summed E-state index contributed by atoms with van der Waals surface area (Å²) in [5.74, 6) is -0.442. The van der Waals surface area contributed by atoms with Crippen LogP contribution in [0.3, 0.4) is 0 Å². The molecule has 0 aliphatic heterocycles. The number of carbonyl (C=O) groups is 1. The van der Waals surface area contributed by atoms with Crippen LogP contribution in [0, 0.1) is 15.9 Å². The Hall–Kier alpha value is -2.12. The maximum absolute atomic E-state index is 13.6. The number of carbonyl (C=O) groups excluding carboxylic acids is 1. The molecule has 0 spiro atoms. The fraction of sp³-hybridized carbons (Fsp3) is 0.133. The number of nitro groups is 1. The van der Waals surface area contributed by atoms with Crippen molar-refractivity contribution in [3.05, 3.63) is 69.0 Å². The molecule has 23 heavy (non-hydrogen) atoms. The third-order valence-corrected chi connectivity index (χ3v) is 4.11. The molecule has 0 aliphatic rings. The van der Waals surface area contributed by atoms with Gasteiger partial charge in [0.1, 0.15) is 5.82 Å². The van der Waals surface area contributed by atoms with E-state index in [1.54, 1.807) is 12.1 Å². The molecular weight excluding hydrogens is 343 g/mol. The molecule has 0 heterocycles. The van der Waals surface area contributed by atoms with Crippen LogP contribution in [0.5, 0.6) is 0 Å². The number of hydrogen-bond acceptors (Lipinski definition) is 4. The summed E-state index contributed by atoms with van der Waals surface area (Å²) >= 11 is 7.13. The summed E-state index contributed by atoms with van der Waals surface area (Å²) in [6, 6.07) is 10.2. The van der Waals surface area contributed by atoms with E-state index in [0.717, 1.165) is 23.8 Å². The number of nitrogens with zero attached hydrogens (tertiary/aromatic N) is 1. The van der Waals surface area contributed by atoms with Crippen LogP contribution < -0.4 is 5.32 Å². The van der Waals surface area contributed by atoms with E-state index in [1.807, 2.05) is 12.1 Å². The van der Waals surface area contributed by atoms with Crippen LogP contribution in [-0.2, 0) is 10.5 Å². The fourth-order valence-corrected chi connectivity index (χ4v) is 2.66. The van der Waals surface area contributed by atoms with Gasteiger partial charge in [0.25, 0.3) is 5.69 Å². The number of benzene rings is 2. The first-order chi connectivity index (χ1) is 11.0. The van der Waals surface area contributed by atoms with Gasteiger partial charge < -0.3 is 5.32 Å². The zero-order valence-electron chi connectivity index (χ0n) is 11.8. The molecule has 0 saturated heterocycles. The van der Waals surface area contributed by atoms with Crippen molar-refractivity contribution in [3.8, 4) is 0 Å². The minimum atomic E-state index is -0.716. The van der Waals surface area contributed by atoms with Crippen molar-refractivity contribution in [1.82, 2.24) is 0 Å². The lowest BCUT2D eigenvalue weighted by atomic mass is 10.2. The van der Waals surface area contributed by atoms with E-state index in [0.29, 0.717) is 10.8 Å². The van der Waals surface area contributed by atoms with Gasteiger partial charge in [0.15, 0.2) is 0 Å². The van der Waals surface area contributed by atoms with E-state index < -0.39 is 16.6 Å². The molecule has 0 fully saturated rings. The van der Waals surface area contributed by atoms with Gasteiger partial charge in [-0.15, -0.1) is 11.8 Å². The van der Waals surface area contributed by atoms with Gasteiger partial charge in [-0.2, -0.15) is 0 Å². The third-order valence-electron chi connectivity index (χ3n) is 2.85. The molecule has 2 rings (SSSR count). The van der Waals surface area contributed by atoms with Crippen molar-refractivity contribution in [3.63, 3.8) is 0 Å². The highest BCUT2D eigenvalue weighted by Crippen LogP contribution is 2.22. The van der Waals surface area contributed by atoms with Crippen LogP contribution >= 0.6 is 23.4 Å². The Labute approximate surface area is 141 Å². The van der Waals surface area contributed by atoms with Crippen molar-refractivity contribution in [2.24, 2.45) is 0 Å². The quantitative estimate of drug-likeness (QED) is 0.621. The van der Waals surface area contributed by atoms with Crippen LogP contribution in [0.15, 0.2) is 42.5 Å².